The number of methoxy groups -OCH3 is 2. The van der Waals surface area contributed by atoms with Gasteiger partial charge in [-0.2, -0.15) is 15.2 Å². The second-order valence-electron chi connectivity index (χ2n) is 1.89. The molecule has 0 unspecified atom stereocenters. The Labute approximate surface area is 69.6 Å². The molecule has 5 heteroatoms. The predicted molar refractivity (Wildman–Crippen MR) is 39.9 cm³/mol. The molecule has 62 valence electrons. The van der Waals surface area contributed by atoms with Gasteiger partial charge in [-0.05, 0) is 0 Å². The van der Waals surface area contributed by atoms with Crippen molar-refractivity contribution < 1.29 is 9.47 Å². The largest absolute Gasteiger partial charge is 0.492 e. The summed E-state index contributed by atoms with van der Waals surface area (Å²) in [7, 11) is 2.88. The summed E-state index contributed by atoms with van der Waals surface area (Å²) in [6.07, 6.45) is 1.39. The topological polar surface area (TPSA) is 68.0 Å². The van der Waals surface area contributed by atoms with E-state index in [0.717, 1.165) is 0 Å². The quantitative estimate of drug-likeness (QED) is 0.633. The maximum Gasteiger partial charge on any atom is 0.317 e. The number of rotatable bonds is 2. The summed E-state index contributed by atoms with van der Waals surface area (Å²) in [6, 6.07) is 2.02. The fourth-order valence-corrected chi connectivity index (χ4v) is 0.682. The minimum Gasteiger partial charge on any atom is -0.492 e. The smallest absolute Gasteiger partial charge is 0.317 e. The maximum atomic E-state index is 8.59. The van der Waals surface area contributed by atoms with Crippen molar-refractivity contribution in [3.63, 3.8) is 0 Å². The predicted octanol–water partition coefficient (Wildman–Crippen LogP) is 0.365. The number of aromatic nitrogens is 2. The highest BCUT2D eigenvalue weighted by atomic mass is 16.5. The molecule has 0 fully saturated rings. The van der Waals surface area contributed by atoms with E-state index >= 15 is 0 Å². The van der Waals surface area contributed by atoms with Gasteiger partial charge < -0.3 is 9.47 Å². The monoisotopic (exact) mass is 165 g/mol. The van der Waals surface area contributed by atoms with E-state index < -0.39 is 0 Å². The summed E-state index contributed by atoms with van der Waals surface area (Å²) >= 11 is 0. The van der Waals surface area contributed by atoms with Crippen molar-refractivity contribution in [3.8, 4) is 17.8 Å². The van der Waals surface area contributed by atoms with Gasteiger partial charge in [0.2, 0.25) is 0 Å². The molecule has 1 aromatic rings. The molecule has 0 aliphatic heterocycles. The van der Waals surface area contributed by atoms with Crippen molar-refractivity contribution in [2.75, 3.05) is 14.2 Å². The van der Waals surface area contributed by atoms with Gasteiger partial charge in [-0.25, -0.2) is 0 Å². The lowest BCUT2D eigenvalue weighted by Gasteiger charge is -2.01. The Balaban J connectivity index is 3.13. The Morgan fingerprint density at radius 3 is 2.67 bits per heavy atom. The van der Waals surface area contributed by atoms with Crippen LogP contribution in [0.4, 0.5) is 0 Å². The minimum absolute atomic E-state index is 0.160. The number of hydrogen-bond acceptors (Lipinski definition) is 5. The lowest BCUT2D eigenvalue weighted by Crippen LogP contribution is -1.97. The first-order valence-electron chi connectivity index (χ1n) is 3.17. The Kier molecular flexibility index (Phi) is 2.43. The first-order chi connectivity index (χ1) is 5.81. The molecule has 1 heterocycles. The van der Waals surface area contributed by atoms with E-state index in [2.05, 4.69) is 9.97 Å². The zero-order valence-electron chi connectivity index (χ0n) is 6.74. The molecule has 0 spiro atoms. The van der Waals surface area contributed by atoms with Crippen LogP contribution in [0.1, 0.15) is 5.69 Å². The van der Waals surface area contributed by atoms with Crippen LogP contribution < -0.4 is 9.47 Å². The first-order valence-corrected chi connectivity index (χ1v) is 3.17. The second kappa shape index (κ2) is 3.53. The van der Waals surface area contributed by atoms with Crippen LogP contribution in [0.3, 0.4) is 0 Å². The normalized spacial score (nSPS) is 8.75. The third kappa shape index (κ3) is 1.42. The molecule has 0 aliphatic carbocycles. The number of nitriles is 1. The highest BCUT2D eigenvalue weighted by Gasteiger charge is 2.05. The molecule has 0 atom stereocenters. The van der Waals surface area contributed by atoms with E-state index in [-0.39, 0.29) is 11.7 Å². The Bertz CT molecular complexity index is 319. The summed E-state index contributed by atoms with van der Waals surface area (Å²) in [5.74, 6) is 0.346. The van der Waals surface area contributed by atoms with Crippen molar-refractivity contribution >= 4 is 0 Å². The van der Waals surface area contributed by atoms with Gasteiger partial charge >= 0.3 is 6.01 Å². The minimum atomic E-state index is 0.160. The third-order valence-electron chi connectivity index (χ3n) is 1.24. The number of hydrogen-bond donors (Lipinski definition) is 0. The molecule has 0 aliphatic rings. The number of nitrogens with zero attached hydrogens (tertiary/aromatic N) is 3. The molecule has 0 amide bonds. The molecule has 0 saturated heterocycles. The van der Waals surface area contributed by atoms with Crippen molar-refractivity contribution in [3.05, 3.63) is 11.9 Å². The van der Waals surface area contributed by atoms with Gasteiger partial charge in [-0.3, -0.25) is 0 Å². The fraction of sp³-hybridized carbons (Fsp3) is 0.286. The van der Waals surface area contributed by atoms with E-state index in [9.17, 15) is 0 Å². The van der Waals surface area contributed by atoms with Crippen molar-refractivity contribution in [1.82, 2.24) is 9.97 Å². The van der Waals surface area contributed by atoms with Crippen LogP contribution in [0.2, 0.25) is 0 Å². The van der Waals surface area contributed by atoms with Crippen LogP contribution in [0.5, 0.6) is 11.8 Å². The second-order valence-corrected chi connectivity index (χ2v) is 1.89. The molecule has 0 saturated carbocycles. The van der Waals surface area contributed by atoms with E-state index in [1.54, 1.807) is 0 Å². The van der Waals surface area contributed by atoms with Gasteiger partial charge in [-0.15, -0.1) is 0 Å². The van der Waals surface area contributed by atoms with E-state index in [1.807, 2.05) is 6.07 Å². The van der Waals surface area contributed by atoms with E-state index in [4.69, 9.17) is 14.7 Å². The molecule has 0 N–H and O–H groups in total. The summed E-state index contributed by atoms with van der Waals surface area (Å²) in [5.41, 5.74) is 0.171. The van der Waals surface area contributed by atoms with Crippen LogP contribution in [-0.4, -0.2) is 24.2 Å². The van der Waals surface area contributed by atoms with Crippen molar-refractivity contribution in [2.45, 2.75) is 0 Å². The highest BCUT2D eigenvalue weighted by Crippen LogP contribution is 2.15. The van der Waals surface area contributed by atoms with Crippen molar-refractivity contribution in [2.24, 2.45) is 0 Å². The van der Waals surface area contributed by atoms with Gasteiger partial charge in [-0.1, -0.05) is 0 Å². The van der Waals surface area contributed by atoms with Crippen LogP contribution in [0.15, 0.2) is 6.20 Å². The van der Waals surface area contributed by atoms with Gasteiger partial charge in [0.1, 0.15) is 6.07 Å². The lowest BCUT2D eigenvalue weighted by atomic mass is 10.4. The Morgan fingerprint density at radius 2 is 2.17 bits per heavy atom. The summed E-state index contributed by atoms with van der Waals surface area (Å²) in [6.45, 7) is 0. The number of ether oxygens (including phenoxy) is 2. The zero-order chi connectivity index (χ0) is 8.97. The van der Waals surface area contributed by atoms with Crippen LogP contribution in [0, 0.1) is 11.3 Å². The molecular weight excluding hydrogens is 158 g/mol. The van der Waals surface area contributed by atoms with Crippen LogP contribution >= 0.6 is 0 Å². The molecule has 5 nitrogen and oxygen atoms in total. The van der Waals surface area contributed by atoms with Gasteiger partial charge in [0.25, 0.3) is 0 Å². The fourth-order valence-electron chi connectivity index (χ4n) is 0.682. The molecule has 0 aromatic carbocycles. The third-order valence-corrected chi connectivity index (χ3v) is 1.24. The van der Waals surface area contributed by atoms with Gasteiger partial charge in [0.15, 0.2) is 11.4 Å². The molecule has 1 aromatic heterocycles. The van der Waals surface area contributed by atoms with Crippen LogP contribution in [-0.2, 0) is 0 Å². The van der Waals surface area contributed by atoms with Gasteiger partial charge in [0.05, 0.1) is 20.4 Å². The summed E-state index contributed by atoms with van der Waals surface area (Å²) in [5, 5.41) is 8.59. The molecule has 0 radical (unpaired) electrons. The molecule has 1 rings (SSSR count). The SMILES string of the molecule is COc1ncc(OC)c(C#N)n1. The maximum absolute atomic E-state index is 8.59. The van der Waals surface area contributed by atoms with Gasteiger partial charge in [0, 0.05) is 0 Å². The van der Waals surface area contributed by atoms with E-state index in [1.165, 1.54) is 20.4 Å². The Hall–Kier alpha value is -1.83. The average molecular weight is 165 g/mol. The average Bonchev–Trinajstić information content (AvgIpc) is 2.16. The zero-order valence-corrected chi connectivity index (χ0v) is 6.74. The first kappa shape index (κ1) is 8.27. The molecule has 0 bridgehead atoms. The summed E-state index contributed by atoms with van der Waals surface area (Å²) < 4.78 is 9.56. The lowest BCUT2D eigenvalue weighted by molar-refractivity contribution is 0.368. The standard InChI is InChI=1S/C7H7N3O2/c1-11-6-4-9-7(12-2)10-5(6)3-8/h4H,1-2H3. The highest BCUT2D eigenvalue weighted by molar-refractivity contribution is 5.35. The van der Waals surface area contributed by atoms with E-state index in [0.29, 0.717) is 5.75 Å². The Morgan fingerprint density at radius 1 is 1.42 bits per heavy atom. The van der Waals surface area contributed by atoms with Crippen LogP contribution in [0.25, 0.3) is 0 Å². The molecular formula is C7H7N3O2. The summed E-state index contributed by atoms with van der Waals surface area (Å²) in [4.78, 5) is 7.53. The molecule has 12 heavy (non-hydrogen) atoms. The van der Waals surface area contributed by atoms with Crippen molar-refractivity contribution in [1.29, 1.82) is 5.26 Å².